The Bertz CT molecular complexity index is 963. The van der Waals surface area contributed by atoms with Crippen LogP contribution in [0.3, 0.4) is 0 Å². The fourth-order valence-electron chi connectivity index (χ4n) is 2.96. The lowest BCUT2D eigenvalue weighted by Crippen LogP contribution is -2.28. The van der Waals surface area contributed by atoms with Crippen LogP contribution in [0, 0.1) is 0 Å². The van der Waals surface area contributed by atoms with Gasteiger partial charge >= 0.3 is 0 Å². The molecule has 1 atom stereocenters. The van der Waals surface area contributed by atoms with Crippen molar-refractivity contribution >= 4 is 40.2 Å². The smallest absolute Gasteiger partial charge is 0.268 e. The summed E-state index contributed by atoms with van der Waals surface area (Å²) in [7, 11) is 1.88. The predicted molar refractivity (Wildman–Crippen MR) is 107 cm³/mol. The van der Waals surface area contributed by atoms with Crippen molar-refractivity contribution in [1.29, 1.82) is 0 Å². The molecule has 134 valence electrons. The number of halogens is 1. The number of hydrogen-bond acceptors (Lipinski definition) is 3. The molecular weight excluding hydrogens is 366 g/mol. The van der Waals surface area contributed by atoms with Crippen molar-refractivity contribution in [2.45, 2.75) is 36.0 Å². The van der Waals surface area contributed by atoms with E-state index in [2.05, 4.69) is 16.4 Å². The molecule has 6 heteroatoms. The molecule has 3 aromatic rings. The minimum absolute atomic E-state index is 0.120. The van der Waals surface area contributed by atoms with Gasteiger partial charge in [-0.1, -0.05) is 17.7 Å². The number of rotatable bonds is 5. The van der Waals surface area contributed by atoms with E-state index in [4.69, 9.17) is 11.6 Å². The standard InChI is InChI=1S/C20H20ClN3OS/c1-12(17-8-7-16(11-22-17)26-15-5-6-15)23-20(25)19-9-13-3-4-14(21)10-18(13)24(19)2/h3-4,7-12,15H,5-6H2,1-2H3,(H,23,25). The molecule has 1 fully saturated rings. The summed E-state index contributed by atoms with van der Waals surface area (Å²) < 4.78 is 1.87. The number of aromatic nitrogens is 2. The van der Waals surface area contributed by atoms with Crippen LogP contribution in [0.1, 0.15) is 42.0 Å². The van der Waals surface area contributed by atoms with E-state index in [-0.39, 0.29) is 11.9 Å². The van der Waals surface area contributed by atoms with E-state index in [9.17, 15) is 4.79 Å². The molecule has 2 heterocycles. The third kappa shape index (κ3) is 3.60. The van der Waals surface area contributed by atoms with Crippen LogP contribution in [0.15, 0.2) is 47.5 Å². The normalized spacial score (nSPS) is 15.2. The van der Waals surface area contributed by atoms with Gasteiger partial charge in [-0.3, -0.25) is 9.78 Å². The molecule has 1 aliphatic rings. The Morgan fingerprint density at radius 3 is 2.81 bits per heavy atom. The highest BCUT2D eigenvalue weighted by Gasteiger charge is 2.23. The Balaban J connectivity index is 1.49. The maximum Gasteiger partial charge on any atom is 0.268 e. The van der Waals surface area contributed by atoms with Gasteiger partial charge in [0.1, 0.15) is 5.69 Å². The first kappa shape index (κ1) is 17.4. The number of nitrogens with zero attached hydrogens (tertiary/aromatic N) is 2. The van der Waals surface area contributed by atoms with E-state index in [1.54, 1.807) is 0 Å². The van der Waals surface area contributed by atoms with Crippen LogP contribution in [0.5, 0.6) is 0 Å². The number of fused-ring (bicyclic) bond motifs is 1. The van der Waals surface area contributed by atoms with Crippen molar-refractivity contribution in [3.05, 3.63) is 59.0 Å². The zero-order valence-corrected chi connectivity index (χ0v) is 16.3. The van der Waals surface area contributed by atoms with Gasteiger partial charge in [0.15, 0.2) is 0 Å². The molecule has 2 aromatic heterocycles. The Morgan fingerprint density at radius 1 is 1.31 bits per heavy atom. The average Bonchev–Trinajstić information content (AvgIpc) is 3.38. The minimum Gasteiger partial charge on any atom is -0.343 e. The molecule has 1 N–H and O–H groups in total. The molecule has 0 spiro atoms. The van der Waals surface area contributed by atoms with Crippen molar-refractivity contribution in [2.24, 2.45) is 7.05 Å². The third-order valence-electron chi connectivity index (χ3n) is 4.62. The van der Waals surface area contributed by atoms with Crippen LogP contribution >= 0.6 is 23.4 Å². The van der Waals surface area contributed by atoms with Gasteiger partial charge < -0.3 is 9.88 Å². The molecule has 4 rings (SSSR count). The molecule has 1 unspecified atom stereocenters. The van der Waals surface area contributed by atoms with Crippen molar-refractivity contribution in [3.8, 4) is 0 Å². The van der Waals surface area contributed by atoms with Crippen LogP contribution in [0.25, 0.3) is 10.9 Å². The van der Waals surface area contributed by atoms with Gasteiger partial charge in [0, 0.05) is 39.3 Å². The Morgan fingerprint density at radius 2 is 2.12 bits per heavy atom. The summed E-state index contributed by atoms with van der Waals surface area (Å²) in [6, 6.07) is 11.4. The van der Waals surface area contributed by atoms with Crippen molar-refractivity contribution in [2.75, 3.05) is 0 Å². The van der Waals surface area contributed by atoms with Gasteiger partial charge in [0.25, 0.3) is 5.91 Å². The van der Waals surface area contributed by atoms with Gasteiger partial charge in [0.2, 0.25) is 0 Å². The van der Waals surface area contributed by atoms with Gasteiger partial charge in [-0.05, 0) is 50.1 Å². The van der Waals surface area contributed by atoms with Crippen molar-refractivity contribution < 1.29 is 4.79 Å². The van der Waals surface area contributed by atoms with Gasteiger partial charge in [-0.25, -0.2) is 0 Å². The number of thioether (sulfide) groups is 1. The summed E-state index contributed by atoms with van der Waals surface area (Å²) in [5, 5.41) is 5.46. The molecule has 1 aliphatic carbocycles. The quantitative estimate of drug-likeness (QED) is 0.674. The fraction of sp³-hybridized carbons (Fsp3) is 0.300. The Labute approximate surface area is 161 Å². The van der Waals surface area contributed by atoms with Crippen LogP contribution < -0.4 is 5.32 Å². The molecule has 1 aromatic carbocycles. The lowest BCUT2D eigenvalue weighted by molar-refractivity contribution is 0.0931. The molecule has 1 amide bonds. The SMILES string of the molecule is CC(NC(=O)c1cc2ccc(Cl)cc2n1C)c1ccc(SC2CC2)cn1. The Hall–Kier alpha value is -1.98. The number of amides is 1. The van der Waals surface area contributed by atoms with E-state index in [0.717, 1.165) is 21.8 Å². The Kier molecular flexibility index (Phi) is 4.67. The lowest BCUT2D eigenvalue weighted by atomic mass is 10.2. The van der Waals surface area contributed by atoms with E-state index in [1.807, 2.05) is 66.8 Å². The molecular formula is C20H20ClN3OS. The highest BCUT2D eigenvalue weighted by molar-refractivity contribution is 8.00. The largest absolute Gasteiger partial charge is 0.343 e. The number of nitrogens with one attached hydrogen (secondary N) is 1. The monoisotopic (exact) mass is 385 g/mol. The molecule has 4 nitrogen and oxygen atoms in total. The minimum atomic E-state index is -0.163. The van der Waals surface area contributed by atoms with Gasteiger partial charge in [0.05, 0.1) is 11.7 Å². The molecule has 0 aliphatic heterocycles. The van der Waals surface area contributed by atoms with Crippen LogP contribution in [-0.4, -0.2) is 20.7 Å². The van der Waals surface area contributed by atoms with Crippen LogP contribution in [0.4, 0.5) is 0 Å². The topological polar surface area (TPSA) is 46.9 Å². The first-order valence-corrected chi connectivity index (χ1v) is 9.95. The van der Waals surface area contributed by atoms with Gasteiger partial charge in [-0.2, -0.15) is 0 Å². The number of benzene rings is 1. The van der Waals surface area contributed by atoms with E-state index >= 15 is 0 Å². The fourth-order valence-corrected chi connectivity index (χ4v) is 4.14. The number of carbonyl (C=O) groups excluding carboxylic acids is 1. The zero-order valence-electron chi connectivity index (χ0n) is 14.7. The lowest BCUT2D eigenvalue weighted by Gasteiger charge is -2.14. The second-order valence-electron chi connectivity index (χ2n) is 6.72. The molecule has 0 radical (unpaired) electrons. The molecule has 26 heavy (non-hydrogen) atoms. The van der Waals surface area contributed by atoms with Crippen LogP contribution in [-0.2, 0) is 7.05 Å². The van der Waals surface area contributed by atoms with Crippen molar-refractivity contribution in [3.63, 3.8) is 0 Å². The van der Waals surface area contributed by atoms with E-state index < -0.39 is 0 Å². The average molecular weight is 386 g/mol. The third-order valence-corrected chi connectivity index (χ3v) is 6.17. The van der Waals surface area contributed by atoms with E-state index in [1.165, 1.54) is 17.7 Å². The zero-order chi connectivity index (χ0) is 18.3. The number of pyridine rings is 1. The number of hydrogen-bond donors (Lipinski definition) is 1. The van der Waals surface area contributed by atoms with E-state index in [0.29, 0.717) is 10.7 Å². The summed E-state index contributed by atoms with van der Waals surface area (Å²) in [5.74, 6) is -0.120. The maximum atomic E-state index is 12.7. The number of carbonyl (C=O) groups is 1. The second-order valence-corrected chi connectivity index (χ2v) is 8.53. The summed E-state index contributed by atoms with van der Waals surface area (Å²) in [6.45, 7) is 1.95. The summed E-state index contributed by atoms with van der Waals surface area (Å²) >= 11 is 7.95. The second kappa shape index (κ2) is 6.97. The summed E-state index contributed by atoms with van der Waals surface area (Å²) in [5.41, 5.74) is 2.41. The summed E-state index contributed by atoms with van der Waals surface area (Å²) in [4.78, 5) is 18.4. The van der Waals surface area contributed by atoms with Gasteiger partial charge in [-0.15, -0.1) is 11.8 Å². The highest BCUT2D eigenvalue weighted by atomic mass is 35.5. The molecule has 0 bridgehead atoms. The number of aryl methyl sites for hydroxylation is 1. The summed E-state index contributed by atoms with van der Waals surface area (Å²) in [6.07, 6.45) is 4.50. The first-order chi connectivity index (χ1) is 12.5. The van der Waals surface area contributed by atoms with Crippen LogP contribution in [0.2, 0.25) is 5.02 Å². The van der Waals surface area contributed by atoms with Crippen molar-refractivity contribution in [1.82, 2.24) is 14.9 Å². The predicted octanol–water partition coefficient (Wildman–Crippen LogP) is 4.97. The maximum absolute atomic E-state index is 12.7. The molecule has 1 saturated carbocycles. The molecule has 0 saturated heterocycles. The highest BCUT2D eigenvalue weighted by Crippen LogP contribution is 2.38. The first-order valence-electron chi connectivity index (χ1n) is 8.70.